The molecule has 0 spiro atoms. The molecule has 0 aliphatic carbocycles. The Kier molecular flexibility index (Phi) is 4.55. The summed E-state index contributed by atoms with van der Waals surface area (Å²) in [5, 5.41) is 0.784. The Morgan fingerprint density at radius 2 is 2.00 bits per heavy atom. The van der Waals surface area contributed by atoms with Gasteiger partial charge >= 0.3 is 0 Å². The maximum atomic E-state index is 6.08. The van der Waals surface area contributed by atoms with E-state index in [0.29, 0.717) is 5.88 Å². The number of hydrogen-bond donors (Lipinski definition) is 0. The van der Waals surface area contributed by atoms with Crippen molar-refractivity contribution in [2.45, 2.75) is 12.3 Å². The number of hydrogen-bond acceptors (Lipinski definition) is 2. The first kappa shape index (κ1) is 13.0. The summed E-state index contributed by atoms with van der Waals surface area (Å²) in [6.45, 7) is 4.37. The Bertz CT molecular complexity index is 382. The molecule has 1 aromatic carbocycles. The van der Waals surface area contributed by atoms with Crippen molar-refractivity contribution in [1.82, 2.24) is 4.90 Å². The van der Waals surface area contributed by atoms with Gasteiger partial charge in [0.25, 0.3) is 0 Å². The number of halogens is 2. The van der Waals surface area contributed by atoms with E-state index >= 15 is 0 Å². The van der Waals surface area contributed by atoms with Gasteiger partial charge in [0.2, 0.25) is 0 Å². The van der Waals surface area contributed by atoms with Crippen LogP contribution in [0.5, 0.6) is 0 Å². The van der Waals surface area contributed by atoms with Crippen LogP contribution < -0.4 is 4.90 Å². The zero-order valence-electron chi connectivity index (χ0n) is 10.1. The Morgan fingerprint density at radius 3 is 2.76 bits per heavy atom. The average Bonchev–Trinajstić information content (AvgIpc) is 2.54. The van der Waals surface area contributed by atoms with E-state index in [0.717, 1.165) is 31.2 Å². The van der Waals surface area contributed by atoms with Crippen molar-refractivity contribution < 1.29 is 0 Å². The second-order valence-corrected chi connectivity index (χ2v) is 5.25. The van der Waals surface area contributed by atoms with Gasteiger partial charge in [-0.2, -0.15) is 0 Å². The van der Waals surface area contributed by atoms with Crippen molar-refractivity contribution in [3.8, 4) is 0 Å². The number of likely N-dealkylation sites (N-methyl/N-ethyl adjacent to an activating group) is 1. The second kappa shape index (κ2) is 5.94. The van der Waals surface area contributed by atoms with Crippen molar-refractivity contribution in [2.75, 3.05) is 38.1 Å². The van der Waals surface area contributed by atoms with Crippen molar-refractivity contribution >= 4 is 28.9 Å². The minimum absolute atomic E-state index is 0.541. The van der Waals surface area contributed by atoms with Gasteiger partial charge in [0.1, 0.15) is 0 Å². The van der Waals surface area contributed by atoms with E-state index in [-0.39, 0.29) is 0 Å². The van der Waals surface area contributed by atoms with Crippen LogP contribution in [0.2, 0.25) is 5.02 Å². The highest BCUT2D eigenvalue weighted by Gasteiger charge is 2.15. The molecule has 0 atom stereocenters. The summed E-state index contributed by atoms with van der Waals surface area (Å²) in [6.07, 6.45) is 1.19. The van der Waals surface area contributed by atoms with Gasteiger partial charge in [-0.1, -0.05) is 17.7 Å². The third-order valence-electron chi connectivity index (χ3n) is 3.25. The summed E-state index contributed by atoms with van der Waals surface area (Å²) in [7, 11) is 2.17. The number of rotatable bonds is 2. The fraction of sp³-hybridized carbons (Fsp3) is 0.538. The summed E-state index contributed by atoms with van der Waals surface area (Å²) < 4.78 is 0. The standard InChI is InChI=1S/C13H18Cl2N2/c1-16-5-2-6-17(8-7-16)13-9-12(15)4-3-11(13)10-14/h3-4,9H,2,5-8,10H2,1H3. The van der Waals surface area contributed by atoms with Gasteiger partial charge in [-0.3, -0.25) is 0 Å². The van der Waals surface area contributed by atoms with E-state index in [1.54, 1.807) is 0 Å². The first-order valence-corrected chi connectivity index (χ1v) is 6.90. The highest BCUT2D eigenvalue weighted by molar-refractivity contribution is 6.31. The number of alkyl halides is 1. The lowest BCUT2D eigenvalue weighted by atomic mass is 10.1. The highest BCUT2D eigenvalue weighted by Crippen LogP contribution is 2.27. The average molecular weight is 273 g/mol. The molecule has 1 aliphatic rings. The van der Waals surface area contributed by atoms with Crippen LogP contribution in [-0.4, -0.2) is 38.1 Å². The molecule has 2 nitrogen and oxygen atoms in total. The van der Waals surface area contributed by atoms with E-state index in [9.17, 15) is 0 Å². The van der Waals surface area contributed by atoms with Crippen LogP contribution in [0.25, 0.3) is 0 Å². The molecule has 0 aromatic heterocycles. The van der Waals surface area contributed by atoms with E-state index in [1.807, 2.05) is 18.2 Å². The first-order valence-electron chi connectivity index (χ1n) is 5.98. The van der Waals surface area contributed by atoms with Gasteiger partial charge in [0.15, 0.2) is 0 Å². The maximum Gasteiger partial charge on any atom is 0.0494 e. The van der Waals surface area contributed by atoms with Gasteiger partial charge in [-0.05, 0) is 37.7 Å². The Labute approximate surface area is 113 Å². The van der Waals surface area contributed by atoms with Crippen LogP contribution in [0.4, 0.5) is 5.69 Å². The summed E-state index contributed by atoms with van der Waals surface area (Å²) in [4.78, 5) is 4.76. The fourth-order valence-corrected chi connectivity index (χ4v) is 2.62. The summed E-state index contributed by atoms with van der Waals surface area (Å²) >= 11 is 12.1. The van der Waals surface area contributed by atoms with Crippen LogP contribution in [0.1, 0.15) is 12.0 Å². The minimum Gasteiger partial charge on any atom is -0.370 e. The lowest BCUT2D eigenvalue weighted by molar-refractivity contribution is 0.360. The van der Waals surface area contributed by atoms with Crippen LogP contribution in [0.15, 0.2) is 18.2 Å². The Hall–Kier alpha value is -0.440. The summed E-state index contributed by atoms with van der Waals surface area (Å²) in [5.74, 6) is 0.541. The maximum absolute atomic E-state index is 6.08. The van der Waals surface area contributed by atoms with Crippen molar-refractivity contribution in [3.63, 3.8) is 0 Å². The second-order valence-electron chi connectivity index (χ2n) is 4.55. The normalized spacial score (nSPS) is 18.2. The molecule has 0 saturated carbocycles. The molecule has 17 heavy (non-hydrogen) atoms. The number of nitrogens with zero attached hydrogens (tertiary/aromatic N) is 2. The van der Waals surface area contributed by atoms with E-state index < -0.39 is 0 Å². The van der Waals surface area contributed by atoms with Crippen molar-refractivity contribution in [3.05, 3.63) is 28.8 Å². The molecule has 0 radical (unpaired) electrons. The summed E-state index contributed by atoms with van der Waals surface area (Å²) in [6, 6.07) is 5.97. The molecule has 0 bridgehead atoms. The van der Waals surface area contributed by atoms with Crippen LogP contribution >= 0.6 is 23.2 Å². The molecular weight excluding hydrogens is 255 g/mol. The zero-order chi connectivity index (χ0) is 12.3. The summed E-state index contributed by atoms with van der Waals surface area (Å²) in [5.41, 5.74) is 2.36. The minimum atomic E-state index is 0.541. The molecular formula is C13H18Cl2N2. The first-order chi connectivity index (χ1) is 8.20. The fourth-order valence-electron chi connectivity index (χ4n) is 2.23. The highest BCUT2D eigenvalue weighted by atomic mass is 35.5. The van der Waals surface area contributed by atoms with Crippen molar-refractivity contribution in [2.24, 2.45) is 0 Å². The van der Waals surface area contributed by atoms with Crippen LogP contribution in [0, 0.1) is 0 Å². The number of anilines is 1. The van der Waals surface area contributed by atoms with E-state index in [2.05, 4.69) is 16.8 Å². The molecule has 1 aromatic rings. The molecule has 1 saturated heterocycles. The lowest BCUT2D eigenvalue weighted by Gasteiger charge is -2.25. The largest absolute Gasteiger partial charge is 0.370 e. The Morgan fingerprint density at radius 1 is 1.18 bits per heavy atom. The lowest BCUT2D eigenvalue weighted by Crippen LogP contribution is -2.29. The van der Waals surface area contributed by atoms with Crippen molar-refractivity contribution in [1.29, 1.82) is 0 Å². The predicted molar refractivity (Wildman–Crippen MR) is 75.3 cm³/mol. The van der Waals surface area contributed by atoms with E-state index in [4.69, 9.17) is 23.2 Å². The molecule has 0 N–H and O–H groups in total. The molecule has 94 valence electrons. The SMILES string of the molecule is CN1CCCN(c2cc(Cl)ccc2CCl)CC1. The van der Waals surface area contributed by atoms with E-state index in [1.165, 1.54) is 17.7 Å². The van der Waals surface area contributed by atoms with Crippen LogP contribution in [-0.2, 0) is 5.88 Å². The molecule has 0 unspecified atom stereocenters. The monoisotopic (exact) mass is 272 g/mol. The quantitative estimate of drug-likeness (QED) is 0.763. The molecule has 2 rings (SSSR count). The van der Waals surface area contributed by atoms with Crippen LogP contribution in [0.3, 0.4) is 0 Å². The number of benzene rings is 1. The Balaban J connectivity index is 2.22. The van der Waals surface area contributed by atoms with Gasteiger partial charge in [0, 0.05) is 36.2 Å². The van der Waals surface area contributed by atoms with Gasteiger partial charge < -0.3 is 9.80 Å². The molecule has 1 fully saturated rings. The molecule has 4 heteroatoms. The molecule has 1 heterocycles. The third-order valence-corrected chi connectivity index (χ3v) is 3.77. The zero-order valence-corrected chi connectivity index (χ0v) is 11.6. The smallest absolute Gasteiger partial charge is 0.0494 e. The molecule has 1 aliphatic heterocycles. The molecule has 0 amide bonds. The van der Waals surface area contributed by atoms with Gasteiger partial charge in [-0.15, -0.1) is 11.6 Å². The predicted octanol–water partition coefficient (Wildman–Crippen LogP) is 3.22. The third kappa shape index (κ3) is 3.27. The van der Waals surface area contributed by atoms with Gasteiger partial charge in [-0.25, -0.2) is 0 Å². The van der Waals surface area contributed by atoms with Gasteiger partial charge in [0.05, 0.1) is 0 Å². The topological polar surface area (TPSA) is 6.48 Å².